The van der Waals surface area contributed by atoms with Crippen molar-refractivity contribution in [3.05, 3.63) is 29.8 Å². The van der Waals surface area contributed by atoms with Gasteiger partial charge in [0.05, 0.1) is 0 Å². The highest BCUT2D eigenvalue weighted by molar-refractivity contribution is 7.80. The lowest BCUT2D eigenvalue weighted by Gasteiger charge is -2.14. The summed E-state index contributed by atoms with van der Waals surface area (Å²) in [5, 5.41) is 2.80. The molecule has 0 aromatic heterocycles. The maximum Gasteiger partial charge on any atom is 0.253 e. The Hall–Kier alpha value is -1.46. The van der Waals surface area contributed by atoms with Gasteiger partial charge in [0.25, 0.3) is 5.91 Å². The molecular weight excluding hydrogens is 272 g/mol. The number of nitrogens with two attached hydrogens (primary N) is 1. The number of hydrogen-bond donors (Lipinski definition) is 2. The number of benzene rings is 1. The summed E-state index contributed by atoms with van der Waals surface area (Å²) in [6.07, 6.45) is 0.476. The van der Waals surface area contributed by atoms with E-state index in [4.69, 9.17) is 22.7 Å². The zero-order valence-electron chi connectivity index (χ0n) is 12.2. The molecule has 0 aliphatic rings. The maximum absolute atomic E-state index is 11.9. The van der Waals surface area contributed by atoms with E-state index in [9.17, 15) is 4.79 Å². The van der Waals surface area contributed by atoms with E-state index in [1.54, 1.807) is 31.2 Å². The summed E-state index contributed by atoms with van der Waals surface area (Å²) in [5.74, 6) is 0.412. The van der Waals surface area contributed by atoms with E-state index >= 15 is 0 Å². The van der Waals surface area contributed by atoms with E-state index in [0.29, 0.717) is 23.2 Å². The SMILES string of the molecule is CC(C)CCOC(C)C(=O)Nc1ccc(C(N)=S)cc1. The molecule has 0 bridgehead atoms. The number of rotatable bonds is 7. The smallest absolute Gasteiger partial charge is 0.253 e. The minimum Gasteiger partial charge on any atom is -0.389 e. The van der Waals surface area contributed by atoms with E-state index < -0.39 is 6.10 Å². The Labute approximate surface area is 125 Å². The van der Waals surface area contributed by atoms with Crippen molar-refractivity contribution in [3.8, 4) is 0 Å². The van der Waals surface area contributed by atoms with Crippen LogP contribution in [0.4, 0.5) is 5.69 Å². The van der Waals surface area contributed by atoms with E-state index in [-0.39, 0.29) is 5.91 Å². The van der Waals surface area contributed by atoms with E-state index in [2.05, 4.69) is 19.2 Å². The van der Waals surface area contributed by atoms with Crippen LogP contribution >= 0.6 is 12.2 Å². The quantitative estimate of drug-likeness (QED) is 0.759. The molecule has 0 saturated heterocycles. The summed E-state index contributed by atoms with van der Waals surface area (Å²) < 4.78 is 5.50. The third kappa shape index (κ3) is 5.67. The molecule has 0 saturated carbocycles. The molecule has 1 unspecified atom stereocenters. The fraction of sp³-hybridized carbons (Fsp3) is 0.467. The fourth-order valence-electron chi connectivity index (χ4n) is 1.52. The van der Waals surface area contributed by atoms with Gasteiger partial charge in [-0.3, -0.25) is 4.79 Å². The zero-order valence-corrected chi connectivity index (χ0v) is 13.0. The van der Waals surface area contributed by atoms with Crippen molar-refractivity contribution in [2.24, 2.45) is 11.7 Å². The van der Waals surface area contributed by atoms with Gasteiger partial charge in [-0.25, -0.2) is 0 Å². The second-order valence-corrected chi connectivity index (χ2v) is 5.57. The van der Waals surface area contributed by atoms with Gasteiger partial charge in [0.2, 0.25) is 0 Å². The third-order valence-corrected chi connectivity index (χ3v) is 3.10. The van der Waals surface area contributed by atoms with Crippen LogP contribution in [0.1, 0.15) is 32.8 Å². The summed E-state index contributed by atoms with van der Waals surface area (Å²) in [5.41, 5.74) is 7.00. The van der Waals surface area contributed by atoms with Gasteiger partial charge in [-0.2, -0.15) is 0 Å². The van der Waals surface area contributed by atoms with Gasteiger partial charge in [0, 0.05) is 17.9 Å². The van der Waals surface area contributed by atoms with Crippen LogP contribution in [0.3, 0.4) is 0 Å². The van der Waals surface area contributed by atoms with Gasteiger partial charge in [0.1, 0.15) is 11.1 Å². The van der Waals surface area contributed by atoms with Gasteiger partial charge < -0.3 is 15.8 Å². The Kier molecular flexibility index (Phi) is 6.61. The minimum atomic E-state index is -0.469. The van der Waals surface area contributed by atoms with Gasteiger partial charge in [-0.05, 0) is 43.5 Å². The Morgan fingerprint density at radius 3 is 2.40 bits per heavy atom. The molecular formula is C15H22N2O2S. The molecule has 4 nitrogen and oxygen atoms in total. The van der Waals surface area contributed by atoms with Crippen molar-refractivity contribution in [2.75, 3.05) is 11.9 Å². The van der Waals surface area contributed by atoms with Gasteiger partial charge in [0.15, 0.2) is 0 Å². The number of amides is 1. The average molecular weight is 294 g/mol. The van der Waals surface area contributed by atoms with Crippen molar-refractivity contribution in [1.29, 1.82) is 0 Å². The Bertz CT molecular complexity index is 457. The lowest BCUT2D eigenvalue weighted by atomic mass is 10.1. The number of carbonyl (C=O) groups excluding carboxylic acids is 1. The molecule has 110 valence electrons. The van der Waals surface area contributed by atoms with Crippen LogP contribution in [0.2, 0.25) is 0 Å². The van der Waals surface area contributed by atoms with Crippen molar-refractivity contribution >= 4 is 28.8 Å². The molecule has 1 atom stereocenters. The maximum atomic E-state index is 11.9. The van der Waals surface area contributed by atoms with Crippen LogP contribution in [0.25, 0.3) is 0 Å². The Balaban J connectivity index is 2.46. The van der Waals surface area contributed by atoms with Crippen molar-refractivity contribution in [1.82, 2.24) is 0 Å². The first-order valence-corrected chi connectivity index (χ1v) is 7.13. The molecule has 1 amide bonds. The average Bonchev–Trinajstić information content (AvgIpc) is 2.38. The number of anilines is 1. The zero-order chi connectivity index (χ0) is 15.1. The standard InChI is InChI=1S/C15H22N2O2S/c1-10(2)8-9-19-11(3)15(18)17-13-6-4-12(5-7-13)14(16)20/h4-7,10-11H,8-9H2,1-3H3,(H2,16,20)(H,17,18). The molecule has 0 aliphatic heterocycles. The number of ether oxygens (including phenoxy) is 1. The molecule has 1 aromatic carbocycles. The van der Waals surface area contributed by atoms with Crippen LogP contribution in [0.15, 0.2) is 24.3 Å². The Morgan fingerprint density at radius 1 is 1.30 bits per heavy atom. The molecule has 5 heteroatoms. The Morgan fingerprint density at radius 2 is 1.90 bits per heavy atom. The van der Waals surface area contributed by atoms with Gasteiger partial charge >= 0.3 is 0 Å². The highest BCUT2D eigenvalue weighted by Crippen LogP contribution is 2.11. The van der Waals surface area contributed by atoms with Crippen LogP contribution < -0.4 is 11.1 Å². The van der Waals surface area contributed by atoms with Crippen molar-refractivity contribution in [2.45, 2.75) is 33.3 Å². The number of nitrogens with one attached hydrogen (secondary N) is 1. The summed E-state index contributed by atoms with van der Waals surface area (Å²) in [4.78, 5) is 12.3. The summed E-state index contributed by atoms with van der Waals surface area (Å²) >= 11 is 4.87. The number of hydrogen-bond acceptors (Lipinski definition) is 3. The first kappa shape index (κ1) is 16.6. The molecule has 1 aromatic rings. The molecule has 0 spiro atoms. The minimum absolute atomic E-state index is 0.156. The molecule has 0 heterocycles. The highest BCUT2D eigenvalue weighted by Gasteiger charge is 2.13. The molecule has 0 fully saturated rings. The van der Waals surface area contributed by atoms with E-state index in [1.807, 2.05) is 0 Å². The third-order valence-electron chi connectivity index (χ3n) is 2.87. The fourth-order valence-corrected chi connectivity index (χ4v) is 1.65. The van der Waals surface area contributed by atoms with Crippen LogP contribution in [-0.2, 0) is 9.53 Å². The first-order valence-electron chi connectivity index (χ1n) is 6.72. The topological polar surface area (TPSA) is 64.3 Å². The van der Waals surface area contributed by atoms with Crippen LogP contribution in [-0.4, -0.2) is 23.6 Å². The highest BCUT2D eigenvalue weighted by atomic mass is 32.1. The van der Waals surface area contributed by atoms with Crippen molar-refractivity contribution in [3.63, 3.8) is 0 Å². The first-order chi connectivity index (χ1) is 9.40. The van der Waals surface area contributed by atoms with Gasteiger partial charge in [-0.1, -0.05) is 26.1 Å². The lowest BCUT2D eigenvalue weighted by Crippen LogP contribution is -2.28. The second-order valence-electron chi connectivity index (χ2n) is 5.13. The number of thiocarbonyl (C=S) groups is 1. The number of carbonyl (C=O) groups is 1. The molecule has 0 radical (unpaired) electrons. The van der Waals surface area contributed by atoms with Crippen LogP contribution in [0.5, 0.6) is 0 Å². The monoisotopic (exact) mass is 294 g/mol. The summed E-state index contributed by atoms with van der Waals surface area (Å²) in [7, 11) is 0. The summed E-state index contributed by atoms with van der Waals surface area (Å²) in [6.45, 7) is 6.58. The van der Waals surface area contributed by atoms with E-state index in [1.165, 1.54) is 0 Å². The molecule has 0 aliphatic carbocycles. The van der Waals surface area contributed by atoms with E-state index in [0.717, 1.165) is 12.0 Å². The largest absolute Gasteiger partial charge is 0.389 e. The predicted octanol–water partition coefficient (Wildman–Crippen LogP) is 2.71. The second kappa shape index (κ2) is 7.97. The normalized spacial score (nSPS) is 12.2. The van der Waals surface area contributed by atoms with Crippen molar-refractivity contribution < 1.29 is 9.53 Å². The molecule has 20 heavy (non-hydrogen) atoms. The van der Waals surface area contributed by atoms with Crippen LogP contribution in [0, 0.1) is 5.92 Å². The molecule has 1 rings (SSSR count). The lowest BCUT2D eigenvalue weighted by molar-refractivity contribution is -0.126. The predicted molar refractivity (Wildman–Crippen MR) is 85.8 cm³/mol. The summed E-state index contributed by atoms with van der Waals surface area (Å²) in [6, 6.07) is 7.10. The molecule has 3 N–H and O–H groups in total. The van der Waals surface area contributed by atoms with Gasteiger partial charge in [-0.15, -0.1) is 0 Å².